The van der Waals surface area contributed by atoms with Crippen LogP contribution in [0.25, 0.3) is 0 Å². The number of hydrogen-bond acceptors (Lipinski definition) is 4. The molecule has 1 atom stereocenters. The molecule has 6 heteroatoms. The molecule has 0 bridgehead atoms. The van der Waals surface area contributed by atoms with E-state index in [9.17, 15) is 14.9 Å². The van der Waals surface area contributed by atoms with Crippen LogP contribution in [-0.4, -0.2) is 22.0 Å². The van der Waals surface area contributed by atoms with E-state index >= 15 is 0 Å². The quantitative estimate of drug-likeness (QED) is 0.473. The highest BCUT2D eigenvalue weighted by Gasteiger charge is 2.20. The largest absolute Gasteiger partial charge is 0.478 e. The number of carbonyl (C=O) groups is 1. The van der Waals surface area contributed by atoms with Crippen molar-refractivity contribution in [2.45, 2.75) is 32.7 Å². The lowest BCUT2D eigenvalue weighted by atomic mass is 10.1. The van der Waals surface area contributed by atoms with Crippen LogP contribution in [0.1, 0.15) is 35.7 Å². The van der Waals surface area contributed by atoms with Crippen molar-refractivity contribution in [2.75, 3.05) is 5.32 Å². The normalized spacial score (nSPS) is 11.4. The number of benzene rings is 1. The molecule has 6 nitrogen and oxygen atoms in total. The van der Waals surface area contributed by atoms with Crippen LogP contribution in [0.15, 0.2) is 12.1 Å². The van der Waals surface area contributed by atoms with E-state index in [-0.39, 0.29) is 17.3 Å². The first-order valence-electron chi connectivity index (χ1n) is 6.15. The van der Waals surface area contributed by atoms with Crippen LogP contribution >= 0.6 is 0 Å². The second-order valence-electron chi connectivity index (χ2n) is 4.38. The van der Waals surface area contributed by atoms with Crippen LogP contribution < -0.4 is 5.32 Å². The molecule has 0 spiro atoms. The van der Waals surface area contributed by atoms with Crippen molar-refractivity contribution in [2.24, 2.45) is 0 Å². The number of carboxylic acids is 1. The second kappa shape index (κ2) is 6.57. The van der Waals surface area contributed by atoms with Gasteiger partial charge in [0.2, 0.25) is 0 Å². The molecule has 0 aliphatic rings. The van der Waals surface area contributed by atoms with Crippen molar-refractivity contribution in [1.29, 1.82) is 0 Å². The van der Waals surface area contributed by atoms with Gasteiger partial charge in [0.15, 0.2) is 0 Å². The maximum atomic E-state index is 11.0. The van der Waals surface area contributed by atoms with Gasteiger partial charge in [-0.1, -0.05) is 19.3 Å². The molecule has 0 aromatic heterocycles. The third-order valence-electron chi connectivity index (χ3n) is 2.93. The molecule has 0 amide bonds. The summed E-state index contributed by atoms with van der Waals surface area (Å²) in [5.41, 5.74) is 0.376. The molecule has 0 fully saturated rings. The van der Waals surface area contributed by atoms with Crippen molar-refractivity contribution < 1.29 is 14.8 Å². The van der Waals surface area contributed by atoms with Crippen LogP contribution in [0, 0.1) is 29.4 Å². The first-order chi connectivity index (χ1) is 9.40. The fourth-order valence-electron chi connectivity index (χ4n) is 1.84. The van der Waals surface area contributed by atoms with Gasteiger partial charge in [0.05, 0.1) is 16.5 Å². The van der Waals surface area contributed by atoms with Gasteiger partial charge in [-0.3, -0.25) is 10.1 Å². The van der Waals surface area contributed by atoms with Crippen LogP contribution in [-0.2, 0) is 0 Å². The van der Waals surface area contributed by atoms with Gasteiger partial charge >= 0.3 is 5.97 Å². The van der Waals surface area contributed by atoms with E-state index in [2.05, 4.69) is 11.2 Å². The number of nitrogens with zero attached hydrogens (tertiary/aromatic N) is 1. The van der Waals surface area contributed by atoms with Gasteiger partial charge in [-0.2, -0.15) is 0 Å². The fraction of sp³-hybridized carbons (Fsp3) is 0.357. The van der Waals surface area contributed by atoms with Gasteiger partial charge in [-0.15, -0.1) is 6.42 Å². The van der Waals surface area contributed by atoms with Gasteiger partial charge in [0, 0.05) is 17.3 Å². The van der Waals surface area contributed by atoms with E-state index in [4.69, 9.17) is 11.5 Å². The van der Waals surface area contributed by atoms with Crippen molar-refractivity contribution in [3.63, 3.8) is 0 Å². The van der Waals surface area contributed by atoms with Gasteiger partial charge < -0.3 is 10.4 Å². The van der Waals surface area contributed by atoms with Crippen molar-refractivity contribution >= 4 is 17.3 Å². The fourth-order valence-corrected chi connectivity index (χ4v) is 1.84. The summed E-state index contributed by atoms with van der Waals surface area (Å²) in [6, 6.07) is 2.13. The maximum Gasteiger partial charge on any atom is 0.336 e. The molecule has 1 aromatic rings. The lowest BCUT2D eigenvalue weighted by molar-refractivity contribution is -0.385. The Labute approximate surface area is 117 Å². The Hall–Kier alpha value is -2.55. The Morgan fingerprint density at radius 1 is 1.60 bits per heavy atom. The Morgan fingerprint density at radius 3 is 2.70 bits per heavy atom. The van der Waals surface area contributed by atoms with E-state index in [0.717, 1.165) is 12.5 Å². The summed E-state index contributed by atoms with van der Waals surface area (Å²) in [6.07, 6.45) is 6.93. The number of carboxylic acid groups (broad SMARTS) is 1. The van der Waals surface area contributed by atoms with E-state index in [0.29, 0.717) is 17.7 Å². The summed E-state index contributed by atoms with van der Waals surface area (Å²) < 4.78 is 0. The Bertz CT molecular complexity index is 575. The predicted molar refractivity (Wildman–Crippen MR) is 75.9 cm³/mol. The third-order valence-corrected chi connectivity index (χ3v) is 2.93. The van der Waals surface area contributed by atoms with Crippen LogP contribution in [0.3, 0.4) is 0 Å². The average Bonchev–Trinajstić information content (AvgIpc) is 2.39. The Morgan fingerprint density at radius 2 is 2.25 bits per heavy atom. The number of nitro groups is 1. The summed E-state index contributed by atoms with van der Waals surface area (Å²) in [5, 5.41) is 23.0. The number of nitrogens with one attached hydrogen (secondary N) is 1. The standard InChI is InChI=1S/C14H16N2O4/c1-4-6-11(5-2)15-12-7-10(14(17)18)8-13(9(12)3)16(19)20/h2,7-8,11,15H,4,6H2,1,3H3,(H,17,18). The summed E-state index contributed by atoms with van der Waals surface area (Å²) in [4.78, 5) is 21.4. The molecule has 0 saturated carbocycles. The molecule has 0 saturated heterocycles. The molecule has 20 heavy (non-hydrogen) atoms. The highest BCUT2D eigenvalue weighted by atomic mass is 16.6. The summed E-state index contributed by atoms with van der Waals surface area (Å²) in [5.74, 6) is 1.33. The molecular weight excluding hydrogens is 260 g/mol. The van der Waals surface area contributed by atoms with Crippen LogP contribution in [0.2, 0.25) is 0 Å². The monoisotopic (exact) mass is 276 g/mol. The van der Waals surface area contributed by atoms with Gasteiger partial charge in [-0.05, 0) is 19.4 Å². The first kappa shape index (κ1) is 15.5. The molecule has 0 aliphatic heterocycles. The summed E-state index contributed by atoms with van der Waals surface area (Å²) in [7, 11) is 0. The minimum Gasteiger partial charge on any atom is -0.478 e. The van der Waals surface area contributed by atoms with Crippen molar-refractivity contribution in [3.8, 4) is 12.3 Å². The van der Waals surface area contributed by atoms with Crippen LogP contribution in [0.5, 0.6) is 0 Å². The van der Waals surface area contributed by atoms with E-state index in [1.54, 1.807) is 6.92 Å². The molecule has 0 aliphatic carbocycles. The van der Waals surface area contributed by atoms with Crippen molar-refractivity contribution in [1.82, 2.24) is 0 Å². The highest BCUT2D eigenvalue weighted by Crippen LogP contribution is 2.28. The number of hydrogen-bond donors (Lipinski definition) is 2. The minimum atomic E-state index is -1.22. The van der Waals surface area contributed by atoms with Crippen molar-refractivity contribution in [3.05, 3.63) is 33.4 Å². The van der Waals surface area contributed by atoms with E-state index in [1.165, 1.54) is 6.07 Å². The molecule has 0 heterocycles. The van der Waals surface area contributed by atoms with Gasteiger partial charge in [0.25, 0.3) is 5.69 Å². The number of rotatable bonds is 6. The molecule has 0 radical (unpaired) electrons. The lowest BCUT2D eigenvalue weighted by Crippen LogP contribution is -2.18. The van der Waals surface area contributed by atoms with Crippen LogP contribution in [0.4, 0.5) is 11.4 Å². The van der Waals surface area contributed by atoms with E-state index in [1.807, 2.05) is 6.92 Å². The Balaban J connectivity index is 3.27. The second-order valence-corrected chi connectivity index (χ2v) is 4.38. The molecule has 1 rings (SSSR count). The summed E-state index contributed by atoms with van der Waals surface area (Å²) in [6.45, 7) is 3.53. The highest BCUT2D eigenvalue weighted by molar-refractivity contribution is 5.90. The minimum absolute atomic E-state index is 0.142. The lowest BCUT2D eigenvalue weighted by Gasteiger charge is -2.16. The molecule has 1 unspecified atom stereocenters. The molecule has 106 valence electrons. The number of anilines is 1. The smallest absolute Gasteiger partial charge is 0.336 e. The topological polar surface area (TPSA) is 92.5 Å². The zero-order valence-corrected chi connectivity index (χ0v) is 11.3. The number of nitro benzene ring substituents is 1. The summed E-state index contributed by atoms with van der Waals surface area (Å²) >= 11 is 0. The zero-order chi connectivity index (χ0) is 15.3. The first-order valence-corrected chi connectivity index (χ1v) is 6.15. The van der Waals surface area contributed by atoms with Gasteiger partial charge in [-0.25, -0.2) is 4.79 Å². The third kappa shape index (κ3) is 3.48. The average molecular weight is 276 g/mol. The zero-order valence-electron chi connectivity index (χ0n) is 11.3. The maximum absolute atomic E-state index is 11.0. The Kier molecular flexibility index (Phi) is 5.09. The molecule has 2 N–H and O–H groups in total. The molecule has 1 aromatic carbocycles. The molecular formula is C14H16N2O4. The van der Waals surface area contributed by atoms with E-state index < -0.39 is 10.9 Å². The van der Waals surface area contributed by atoms with Gasteiger partial charge in [0.1, 0.15) is 0 Å². The SMILES string of the molecule is C#CC(CCC)Nc1cc(C(=O)O)cc([N+](=O)[O-])c1C. The number of terminal acetylenes is 1. The predicted octanol–water partition coefficient (Wildman–Crippen LogP) is 2.82. The number of aromatic carboxylic acids is 1.